The molecule has 1 saturated heterocycles. The first-order valence-electron chi connectivity index (χ1n) is 8.70. The molecule has 1 heterocycles. The molecule has 29 heavy (non-hydrogen) atoms. The third-order valence-corrected chi connectivity index (χ3v) is 4.35. The zero-order valence-corrected chi connectivity index (χ0v) is 15.4. The predicted octanol–water partition coefficient (Wildman–Crippen LogP) is 3.51. The van der Waals surface area contributed by atoms with Gasteiger partial charge in [0.15, 0.2) is 0 Å². The molecule has 0 N–H and O–H groups in total. The molecular weight excluding hydrogens is 389 g/mol. The first-order valence-corrected chi connectivity index (χ1v) is 8.70. The van der Waals surface area contributed by atoms with Crippen LogP contribution in [0.2, 0.25) is 0 Å². The van der Waals surface area contributed by atoms with E-state index in [2.05, 4.69) is 4.74 Å². The summed E-state index contributed by atoms with van der Waals surface area (Å²) in [7, 11) is 1.56. The number of amides is 3. The summed E-state index contributed by atoms with van der Waals surface area (Å²) in [5.41, 5.74) is 1.39. The summed E-state index contributed by atoms with van der Waals surface area (Å²) in [4.78, 5) is 38.6. The number of rotatable bonds is 5. The number of anilines is 1. The van der Waals surface area contributed by atoms with E-state index in [-0.39, 0.29) is 42.9 Å². The number of ether oxygens (including phenoxy) is 1. The number of carbonyl (C=O) groups is 3. The van der Waals surface area contributed by atoms with Crippen LogP contribution in [0.15, 0.2) is 48.5 Å². The fourth-order valence-corrected chi connectivity index (χ4v) is 2.98. The lowest BCUT2D eigenvalue weighted by Gasteiger charge is -2.19. The van der Waals surface area contributed by atoms with Gasteiger partial charge in [-0.05, 0) is 42.0 Å². The Bertz CT molecular complexity index is 908. The van der Waals surface area contributed by atoms with Crippen molar-refractivity contribution < 1.29 is 32.3 Å². The third kappa shape index (κ3) is 4.92. The van der Waals surface area contributed by atoms with Gasteiger partial charge in [-0.2, -0.15) is 0 Å². The fraction of sp³-hybridized carbons (Fsp3) is 0.250. The fourth-order valence-electron chi connectivity index (χ4n) is 2.98. The Balaban J connectivity index is 1.64. The molecule has 0 atom stereocenters. The number of benzene rings is 2. The minimum atomic E-state index is -4.76. The normalized spacial score (nSPS) is 14.3. The minimum absolute atomic E-state index is 0.176. The van der Waals surface area contributed by atoms with Gasteiger partial charge in [0.2, 0.25) is 11.8 Å². The zero-order chi connectivity index (χ0) is 21.2. The van der Waals surface area contributed by atoms with Crippen molar-refractivity contribution in [2.24, 2.45) is 0 Å². The first-order chi connectivity index (χ1) is 13.6. The zero-order valence-electron chi connectivity index (χ0n) is 15.4. The van der Waals surface area contributed by atoms with Gasteiger partial charge >= 0.3 is 6.36 Å². The summed E-state index contributed by atoms with van der Waals surface area (Å²) >= 11 is 0. The summed E-state index contributed by atoms with van der Waals surface area (Å²) in [5.74, 6) is -1.20. The van der Waals surface area contributed by atoms with E-state index >= 15 is 0 Å². The van der Waals surface area contributed by atoms with Gasteiger partial charge in [-0.15, -0.1) is 13.2 Å². The lowest BCUT2D eigenvalue weighted by molar-refractivity contribution is -0.274. The Morgan fingerprint density at radius 2 is 1.55 bits per heavy atom. The van der Waals surface area contributed by atoms with Gasteiger partial charge in [0.25, 0.3) is 5.91 Å². The van der Waals surface area contributed by atoms with Crippen LogP contribution in [0.1, 0.15) is 28.8 Å². The molecule has 2 aromatic rings. The Morgan fingerprint density at radius 3 is 2.07 bits per heavy atom. The van der Waals surface area contributed by atoms with Gasteiger partial charge < -0.3 is 9.64 Å². The number of imide groups is 1. The summed E-state index contributed by atoms with van der Waals surface area (Å²) in [6, 6.07) is 11.4. The van der Waals surface area contributed by atoms with E-state index in [9.17, 15) is 27.6 Å². The maximum Gasteiger partial charge on any atom is 0.573 e. The summed E-state index contributed by atoms with van der Waals surface area (Å²) in [5, 5.41) is 0. The minimum Gasteiger partial charge on any atom is -0.406 e. The molecule has 0 aromatic heterocycles. The van der Waals surface area contributed by atoms with Crippen LogP contribution in [0, 0.1) is 0 Å². The lowest BCUT2D eigenvalue weighted by atomic mass is 10.1. The topological polar surface area (TPSA) is 66.9 Å². The van der Waals surface area contributed by atoms with Crippen molar-refractivity contribution in [3.05, 3.63) is 59.7 Å². The standard InChI is InChI=1S/C20H17F3N2O4/c1-24(12-13-2-8-16(9-3-13)29-20(21,22)23)19(28)14-4-6-15(7-5-14)25-17(26)10-11-18(25)27/h2-9H,10-12H2,1H3. The van der Waals surface area contributed by atoms with Crippen molar-refractivity contribution in [3.63, 3.8) is 0 Å². The molecular formula is C20H17F3N2O4. The molecule has 6 nitrogen and oxygen atoms in total. The quantitative estimate of drug-likeness (QED) is 0.713. The molecule has 0 spiro atoms. The second kappa shape index (κ2) is 7.94. The molecule has 1 fully saturated rings. The number of halogens is 3. The van der Waals surface area contributed by atoms with E-state index in [0.717, 1.165) is 4.90 Å². The molecule has 3 rings (SSSR count). The van der Waals surface area contributed by atoms with Crippen molar-refractivity contribution in [2.45, 2.75) is 25.7 Å². The monoisotopic (exact) mass is 406 g/mol. The lowest BCUT2D eigenvalue weighted by Crippen LogP contribution is -2.29. The SMILES string of the molecule is CN(Cc1ccc(OC(F)(F)F)cc1)C(=O)c1ccc(N2C(=O)CCC2=O)cc1. The number of hydrogen-bond donors (Lipinski definition) is 0. The molecule has 152 valence electrons. The molecule has 0 unspecified atom stereocenters. The molecule has 2 aromatic carbocycles. The van der Waals surface area contributed by atoms with Crippen molar-refractivity contribution in [2.75, 3.05) is 11.9 Å². The van der Waals surface area contributed by atoms with Crippen molar-refractivity contribution in [1.82, 2.24) is 4.90 Å². The Labute approximate surface area is 164 Å². The molecule has 9 heteroatoms. The van der Waals surface area contributed by atoms with Gasteiger partial charge in [-0.1, -0.05) is 12.1 Å². The van der Waals surface area contributed by atoms with Crippen molar-refractivity contribution in [3.8, 4) is 5.75 Å². The Morgan fingerprint density at radius 1 is 1.00 bits per heavy atom. The third-order valence-electron chi connectivity index (χ3n) is 4.35. The summed E-state index contributed by atoms with van der Waals surface area (Å²) < 4.78 is 40.4. The summed E-state index contributed by atoms with van der Waals surface area (Å²) in [6.45, 7) is 0.177. The molecule has 0 saturated carbocycles. The highest BCUT2D eigenvalue weighted by molar-refractivity contribution is 6.19. The second-order valence-electron chi connectivity index (χ2n) is 6.52. The maximum absolute atomic E-state index is 12.6. The van der Waals surface area contributed by atoms with Crippen LogP contribution in [0.25, 0.3) is 0 Å². The maximum atomic E-state index is 12.6. The van der Waals surface area contributed by atoms with E-state index in [1.165, 1.54) is 53.4 Å². The molecule has 0 aliphatic carbocycles. The Hall–Kier alpha value is -3.36. The van der Waals surface area contributed by atoms with Crippen LogP contribution in [-0.4, -0.2) is 36.0 Å². The van der Waals surface area contributed by atoms with Gasteiger partial charge in [-0.25, -0.2) is 0 Å². The van der Waals surface area contributed by atoms with Crippen LogP contribution in [-0.2, 0) is 16.1 Å². The first kappa shape index (κ1) is 20.4. The average Bonchev–Trinajstić information content (AvgIpc) is 3.00. The van der Waals surface area contributed by atoms with E-state index in [1.807, 2.05) is 0 Å². The number of carbonyl (C=O) groups excluding carboxylic acids is 3. The number of hydrogen-bond acceptors (Lipinski definition) is 4. The molecule has 0 bridgehead atoms. The average molecular weight is 406 g/mol. The Kier molecular flexibility index (Phi) is 5.58. The van der Waals surface area contributed by atoms with E-state index < -0.39 is 6.36 Å². The molecule has 1 aliphatic rings. The van der Waals surface area contributed by atoms with Gasteiger partial charge in [0, 0.05) is 32.0 Å². The second-order valence-corrected chi connectivity index (χ2v) is 6.52. The van der Waals surface area contributed by atoms with Crippen molar-refractivity contribution >= 4 is 23.4 Å². The van der Waals surface area contributed by atoms with Crippen LogP contribution in [0.4, 0.5) is 18.9 Å². The van der Waals surface area contributed by atoms with Gasteiger partial charge in [0.1, 0.15) is 5.75 Å². The highest BCUT2D eigenvalue weighted by Gasteiger charge is 2.31. The van der Waals surface area contributed by atoms with Gasteiger partial charge in [-0.3, -0.25) is 19.3 Å². The number of alkyl halides is 3. The predicted molar refractivity (Wildman–Crippen MR) is 97.1 cm³/mol. The van der Waals surface area contributed by atoms with Crippen LogP contribution in [0.3, 0.4) is 0 Å². The van der Waals surface area contributed by atoms with Crippen LogP contribution in [0.5, 0.6) is 5.75 Å². The smallest absolute Gasteiger partial charge is 0.406 e. The molecule has 0 radical (unpaired) electrons. The molecule has 1 aliphatic heterocycles. The number of nitrogens with zero attached hydrogens (tertiary/aromatic N) is 2. The summed E-state index contributed by atoms with van der Waals surface area (Å²) in [6.07, 6.45) is -4.41. The van der Waals surface area contributed by atoms with Crippen LogP contribution < -0.4 is 9.64 Å². The van der Waals surface area contributed by atoms with E-state index in [1.54, 1.807) is 7.05 Å². The highest BCUT2D eigenvalue weighted by Crippen LogP contribution is 2.24. The van der Waals surface area contributed by atoms with Crippen molar-refractivity contribution in [1.29, 1.82) is 0 Å². The van der Waals surface area contributed by atoms with E-state index in [0.29, 0.717) is 16.8 Å². The largest absolute Gasteiger partial charge is 0.573 e. The van der Waals surface area contributed by atoms with Gasteiger partial charge in [0.05, 0.1) is 5.69 Å². The highest BCUT2D eigenvalue weighted by atomic mass is 19.4. The van der Waals surface area contributed by atoms with E-state index in [4.69, 9.17) is 0 Å². The molecule has 3 amide bonds. The van der Waals surface area contributed by atoms with Crippen LogP contribution >= 0.6 is 0 Å².